The van der Waals surface area contributed by atoms with Gasteiger partial charge in [-0.2, -0.15) is 0 Å². The summed E-state index contributed by atoms with van der Waals surface area (Å²) in [7, 11) is 3.39. The van der Waals surface area contributed by atoms with Gasteiger partial charge in [0.2, 0.25) is 0 Å². The van der Waals surface area contributed by atoms with Gasteiger partial charge in [-0.1, -0.05) is 30.0 Å². The average molecular weight is 857 g/mol. The molecular weight excluding hydrogens is 809 g/mol. The zero-order valence-corrected chi connectivity index (χ0v) is 36.5. The van der Waals surface area contributed by atoms with E-state index in [2.05, 4.69) is 63.8 Å². The number of nitrogens with zero attached hydrogens (tertiary/aromatic N) is 6. The third-order valence-electron chi connectivity index (χ3n) is 12.0. The second-order valence-corrected chi connectivity index (χ2v) is 17.0. The van der Waals surface area contributed by atoms with Gasteiger partial charge in [-0.15, -0.1) is 0 Å². The van der Waals surface area contributed by atoms with Crippen molar-refractivity contribution >= 4 is 12.0 Å². The first-order valence-corrected chi connectivity index (χ1v) is 20.8. The van der Waals surface area contributed by atoms with E-state index in [4.69, 9.17) is 49.9 Å². The maximum absolute atomic E-state index is 6.29. The Hall–Kier alpha value is -7.34. The van der Waals surface area contributed by atoms with Gasteiger partial charge in [0, 0.05) is 78.0 Å². The molecule has 4 aromatic carbocycles. The van der Waals surface area contributed by atoms with Gasteiger partial charge < -0.3 is 39.9 Å². The fourth-order valence-electron chi connectivity index (χ4n) is 8.07. The monoisotopic (exact) mass is 856 g/mol. The zero-order chi connectivity index (χ0) is 44.7. The number of hydrogen-bond acceptors (Lipinski definition) is 14. The number of aromatic nitrogens is 4. The van der Waals surface area contributed by atoms with Crippen molar-refractivity contribution in [2.75, 3.05) is 27.4 Å². The van der Waals surface area contributed by atoms with Crippen LogP contribution in [0.2, 0.25) is 0 Å². The molecule has 0 amide bonds. The van der Waals surface area contributed by atoms with Crippen LogP contribution in [0.3, 0.4) is 0 Å². The molecule has 2 aromatic heterocycles. The Bertz CT molecular complexity index is 2880. The van der Waals surface area contributed by atoms with Gasteiger partial charge in [-0.05, 0) is 112 Å². The lowest BCUT2D eigenvalue weighted by Gasteiger charge is -2.34. The number of aryl methyl sites for hydroxylation is 1. The van der Waals surface area contributed by atoms with Gasteiger partial charge in [0.1, 0.15) is 54.5 Å². The molecule has 0 saturated heterocycles. The van der Waals surface area contributed by atoms with Crippen molar-refractivity contribution in [1.29, 1.82) is 0 Å². The maximum atomic E-state index is 6.29. The lowest BCUT2D eigenvalue weighted by Crippen LogP contribution is -2.31. The molecule has 4 N–H and O–H groups in total. The minimum atomic E-state index is -0.826. The van der Waals surface area contributed by atoms with Gasteiger partial charge in [-0.25, -0.2) is 29.9 Å². The molecule has 14 nitrogen and oxygen atoms in total. The molecular formula is C50H48N8O6. The van der Waals surface area contributed by atoms with Crippen molar-refractivity contribution in [3.8, 4) is 57.1 Å². The second kappa shape index (κ2) is 16.4. The highest BCUT2D eigenvalue weighted by atomic mass is 16.5. The lowest BCUT2D eigenvalue weighted by molar-refractivity contribution is 0.0158. The predicted octanol–water partition coefficient (Wildman–Crippen LogP) is 7.81. The molecule has 4 aliphatic rings. The third-order valence-corrected chi connectivity index (χ3v) is 12.0. The highest BCUT2D eigenvalue weighted by molar-refractivity contribution is 5.79. The molecule has 10 rings (SSSR count). The molecule has 324 valence electrons. The summed E-state index contributed by atoms with van der Waals surface area (Å²) >= 11 is 0. The molecule has 0 aliphatic carbocycles. The van der Waals surface area contributed by atoms with Crippen molar-refractivity contribution < 1.29 is 28.4 Å². The SMILES string of the molecule is COC(C)(C)C#Cc1ccc2c(c1)[C@]1(COC(N)=N1)c1cc(-c3cncnc3)ccc1O2.COC(C)(C)CCc1ccc2c(c1)[C@]1(COC(N)=N1)c1cc(-c3cncnc3)ccc1O2. The summed E-state index contributed by atoms with van der Waals surface area (Å²) in [6.07, 6.45) is 11.9. The molecule has 0 radical (unpaired) electrons. The molecule has 0 bridgehead atoms. The number of aliphatic imine (C=N–C) groups is 2. The molecule has 6 heterocycles. The van der Waals surface area contributed by atoms with Crippen LogP contribution in [0, 0.1) is 11.8 Å². The first kappa shape index (κ1) is 42.0. The van der Waals surface area contributed by atoms with Crippen LogP contribution >= 0.6 is 0 Å². The quantitative estimate of drug-likeness (QED) is 0.149. The number of amidine groups is 2. The molecule has 0 unspecified atom stereocenters. The first-order chi connectivity index (χ1) is 30.8. The van der Waals surface area contributed by atoms with Crippen molar-refractivity contribution in [1.82, 2.24) is 19.9 Å². The fraction of sp³-hybridized carbons (Fsp3) is 0.280. The van der Waals surface area contributed by atoms with E-state index in [1.54, 1.807) is 39.0 Å². The molecule has 0 fully saturated rings. The van der Waals surface area contributed by atoms with E-state index < -0.39 is 16.7 Å². The van der Waals surface area contributed by atoms with E-state index in [1.807, 2.05) is 68.4 Å². The maximum Gasteiger partial charge on any atom is 0.283 e. The van der Waals surface area contributed by atoms with Crippen LogP contribution in [0.5, 0.6) is 23.0 Å². The number of nitrogens with two attached hydrogens (primary N) is 2. The molecule has 2 atom stereocenters. The predicted molar refractivity (Wildman–Crippen MR) is 242 cm³/mol. The smallest absolute Gasteiger partial charge is 0.283 e. The minimum absolute atomic E-state index is 0.147. The lowest BCUT2D eigenvalue weighted by atomic mass is 9.79. The normalized spacial score (nSPS) is 18.8. The van der Waals surface area contributed by atoms with Crippen LogP contribution in [0.15, 0.2) is 120 Å². The summed E-state index contributed by atoms with van der Waals surface area (Å²) in [6.45, 7) is 8.63. The van der Waals surface area contributed by atoms with Crippen LogP contribution < -0.4 is 20.9 Å². The highest BCUT2D eigenvalue weighted by Gasteiger charge is 2.48. The fourth-order valence-corrected chi connectivity index (χ4v) is 8.07. The number of methoxy groups -OCH3 is 2. The van der Waals surface area contributed by atoms with E-state index in [-0.39, 0.29) is 24.3 Å². The van der Waals surface area contributed by atoms with Crippen LogP contribution in [0.1, 0.15) is 67.5 Å². The summed E-state index contributed by atoms with van der Waals surface area (Å²) < 4.78 is 34.9. The molecule has 4 aliphatic heterocycles. The Morgan fingerprint density at radius 2 is 1.06 bits per heavy atom. The Kier molecular flexibility index (Phi) is 10.8. The largest absolute Gasteiger partial charge is 0.462 e. The van der Waals surface area contributed by atoms with Crippen molar-refractivity contribution in [3.63, 3.8) is 0 Å². The summed E-state index contributed by atoms with van der Waals surface area (Å²) in [5, 5.41) is 0. The van der Waals surface area contributed by atoms with Crippen LogP contribution in [-0.2, 0) is 36.4 Å². The summed E-state index contributed by atoms with van der Waals surface area (Å²) in [5.41, 5.74) is 19.1. The van der Waals surface area contributed by atoms with E-state index in [1.165, 1.54) is 18.2 Å². The van der Waals surface area contributed by atoms with E-state index >= 15 is 0 Å². The van der Waals surface area contributed by atoms with Gasteiger partial charge in [0.05, 0.1) is 5.60 Å². The number of ether oxygens (including phenoxy) is 6. The van der Waals surface area contributed by atoms with Crippen LogP contribution in [0.4, 0.5) is 0 Å². The number of fused-ring (bicyclic) bond motifs is 8. The number of rotatable bonds is 7. The zero-order valence-electron chi connectivity index (χ0n) is 36.5. The average Bonchev–Trinajstić information content (AvgIpc) is 3.91. The molecule has 2 spiro atoms. The summed E-state index contributed by atoms with van der Waals surface area (Å²) in [4.78, 5) is 26.1. The Morgan fingerprint density at radius 3 is 1.53 bits per heavy atom. The molecule has 0 saturated carbocycles. The van der Waals surface area contributed by atoms with E-state index in [0.717, 1.165) is 74.4 Å². The molecule has 64 heavy (non-hydrogen) atoms. The third kappa shape index (κ3) is 7.95. The van der Waals surface area contributed by atoms with Crippen LogP contribution in [0.25, 0.3) is 22.3 Å². The minimum Gasteiger partial charge on any atom is -0.462 e. The Balaban J connectivity index is 0.000000162. The first-order valence-electron chi connectivity index (χ1n) is 20.8. The van der Waals surface area contributed by atoms with Crippen molar-refractivity contribution in [2.45, 2.75) is 62.8 Å². The van der Waals surface area contributed by atoms with Crippen molar-refractivity contribution in [2.24, 2.45) is 21.5 Å². The van der Waals surface area contributed by atoms with Gasteiger partial charge >= 0.3 is 0 Å². The van der Waals surface area contributed by atoms with E-state index in [9.17, 15) is 0 Å². The summed E-state index contributed by atoms with van der Waals surface area (Å²) in [5.74, 6) is 9.27. The summed E-state index contributed by atoms with van der Waals surface area (Å²) in [6, 6.07) is 24.4. The Labute approximate surface area is 371 Å². The van der Waals surface area contributed by atoms with Gasteiger partial charge in [0.25, 0.3) is 12.0 Å². The topological polar surface area (TPSA) is 184 Å². The van der Waals surface area contributed by atoms with Gasteiger partial charge in [0.15, 0.2) is 11.1 Å². The van der Waals surface area contributed by atoms with Gasteiger partial charge in [-0.3, -0.25) is 0 Å². The van der Waals surface area contributed by atoms with Crippen LogP contribution in [-0.4, -0.2) is 70.6 Å². The highest BCUT2D eigenvalue weighted by Crippen LogP contribution is 2.53. The second-order valence-electron chi connectivity index (χ2n) is 17.0. The molecule has 6 aromatic rings. The number of hydrogen-bond donors (Lipinski definition) is 2. The standard InChI is InChI=1S/C25H26N4O3.C25H22N4O3/c2*1-24(2,30-3)9-8-16-4-6-21-19(10-16)25(14-31-23(26)29-25)20-11-17(5-7-22(20)32-21)18-12-27-15-28-13-18/h4-7,10-13,15H,8-9,14H2,1-3H3,(H2,26,29);4-7,10-13,15H,14H2,1-3H3,(H2,26,29)/t2*25-/m11/s1. The van der Waals surface area contributed by atoms with E-state index in [0.29, 0.717) is 18.1 Å². The molecule has 14 heteroatoms. The van der Waals surface area contributed by atoms with Crippen molar-refractivity contribution in [3.05, 3.63) is 144 Å². The number of benzene rings is 4. The Morgan fingerprint density at radius 1 is 0.594 bits per heavy atom.